The largest absolute Gasteiger partial charge is 0.391 e. The average Bonchev–Trinajstić information content (AvgIpc) is 2.14. The molecular formula is C7H16O7S2. The standard InChI is InChI=1S/C7H16O7S2/c1-2-6(8)5-14-7(15(9)10)3-4-16(11,12)13/h6-8H,2-5H2,1H3,(H,9,10)(H,11,12,13). The second-order valence-corrected chi connectivity index (χ2v) is 5.83. The van der Waals surface area contributed by atoms with Gasteiger partial charge < -0.3 is 14.4 Å². The maximum atomic E-state index is 10.7. The summed E-state index contributed by atoms with van der Waals surface area (Å²) in [7, 11) is -4.18. The molecule has 0 aliphatic heterocycles. The van der Waals surface area contributed by atoms with Gasteiger partial charge in [-0.1, -0.05) is 6.92 Å². The second-order valence-electron chi connectivity index (χ2n) is 3.18. The first-order chi connectivity index (χ1) is 7.26. The lowest BCUT2D eigenvalue weighted by Gasteiger charge is -2.15. The lowest BCUT2D eigenvalue weighted by atomic mass is 10.3. The molecule has 0 fully saturated rings. The van der Waals surface area contributed by atoms with E-state index in [0.29, 0.717) is 6.42 Å². The number of rotatable bonds is 8. The molecule has 98 valence electrons. The Labute approximate surface area is 96.8 Å². The van der Waals surface area contributed by atoms with E-state index in [4.69, 9.17) is 18.9 Å². The van der Waals surface area contributed by atoms with Crippen molar-refractivity contribution in [3.8, 4) is 0 Å². The number of aliphatic hydroxyl groups excluding tert-OH is 1. The van der Waals surface area contributed by atoms with Crippen LogP contribution in [0.5, 0.6) is 0 Å². The fourth-order valence-electron chi connectivity index (χ4n) is 0.824. The molecule has 3 unspecified atom stereocenters. The molecule has 0 bridgehead atoms. The Bertz CT molecular complexity index is 313. The molecule has 0 saturated heterocycles. The van der Waals surface area contributed by atoms with E-state index in [2.05, 4.69) is 0 Å². The van der Waals surface area contributed by atoms with Crippen LogP contribution in [0, 0.1) is 0 Å². The van der Waals surface area contributed by atoms with Gasteiger partial charge in [0.05, 0.1) is 18.5 Å². The van der Waals surface area contributed by atoms with E-state index in [0.717, 1.165) is 0 Å². The third-order valence-corrected chi connectivity index (χ3v) is 3.36. The van der Waals surface area contributed by atoms with Crippen LogP contribution in [-0.2, 0) is 25.9 Å². The monoisotopic (exact) mass is 276 g/mol. The van der Waals surface area contributed by atoms with Crippen LogP contribution in [0.1, 0.15) is 19.8 Å². The number of hydrogen-bond acceptors (Lipinski definition) is 5. The van der Waals surface area contributed by atoms with E-state index in [1.807, 2.05) is 0 Å². The molecule has 0 heterocycles. The van der Waals surface area contributed by atoms with Crippen LogP contribution in [0.25, 0.3) is 0 Å². The summed E-state index contributed by atoms with van der Waals surface area (Å²) in [5.74, 6) is -0.661. The van der Waals surface area contributed by atoms with Crippen LogP contribution in [0.15, 0.2) is 0 Å². The van der Waals surface area contributed by atoms with Gasteiger partial charge in [0.1, 0.15) is 0 Å². The summed E-state index contributed by atoms with van der Waals surface area (Å²) in [6.45, 7) is 1.55. The van der Waals surface area contributed by atoms with Crippen molar-refractivity contribution in [2.45, 2.75) is 31.3 Å². The van der Waals surface area contributed by atoms with Crippen LogP contribution >= 0.6 is 0 Å². The maximum Gasteiger partial charge on any atom is 0.264 e. The van der Waals surface area contributed by atoms with Gasteiger partial charge in [0.15, 0.2) is 16.5 Å². The minimum atomic E-state index is -4.18. The average molecular weight is 276 g/mol. The van der Waals surface area contributed by atoms with Crippen LogP contribution in [-0.4, -0.2) is 50.7 Å². The Balaban J connectivity index is 4.14. The summed E-state index contributed by atoms with van der Waals surface area (Å²) in [6, 6.07) is 0. The lowest BCUT2D eigenvalue weighted by Crippen LogP contribution is -2.26. The Morgan fingerprint density at radius 1 is 1.44 bits per heavy atom. The third kappa shape index (κ3) is 8.13. The van der Waals surface area contributed by atoms with E-state index in [9.17, 15) is 12.6 Å². The highest BCUT2D eigenvalue weighted by Crippen LogP contribution is 2.06. The van der Waals surface area contributed by atoms with E-state index in [1.54, 1.807) is 6.92 Å². The molecule has 7 nitrogen and oxygen atoms in total. The van der Waals surface area contributed by atoms with Crippen molar-refractivity contribution >= 4 is 21.2 Å². The minimum Gasteiger partial charge on any atom is -0.391 e. The van der Waals surface area contributed by atoms with Crippen molar-refractivity contribution < 1.29 is 31.6 Å². The highest BCUT2D eigenvalue weighted by Gasteiger charge is 2.20. The molecule has 0 aliphatic carbocycles. The summed E-state index contributed by atoms with van der Waals surface area (Å²) in [5, 5.41) is 9.14. The molecule has 0 spiro atoms. The number of aliphatic hydroxyl groups is 1. The van der Waals surface area contributed by atoms with Crippen molar-refractivity contribution in [2.75, 3.05) is 12.4 Å². The third-order valence-electron chi connectivity index (χ3n) is 1.78. The van der Waals surface area contributed by atoms with E-state index in [1.165, 1.54) is 0 Å². The van der Waals surface area contributed by atoms with E-state index < -0.39 is 38.5 Å². The Kier molecular flexibility index (Phi) is 7.27. The summed E-state index contributed by atoms with van der Waals surface area (Å²) in [6.07, 6.45) is -0.654. The lowest BCUT2D eigenvalue weighted by molar-refractivity contribution is 0.0188. The van der Waals surface area contributed by atoms with Gasteiger partial charge in [-0.05, 0) is 6.42 Å². The van der Waals surface area contributed by atoms with Crippen LogP contribution in [0.4, 0.5) is 0 Å². The molecule has 3 N–H and O–H groups in total. The quantitative estimate of drug-likeness (QED) is 0.407. The summed E-state index contributed by atoms with van der Waals surface area (Å²) >= 11 is -2.37. The SMILES string of the molecule is CCC(O)COC(CCS(=O)(=O)O)S(=O)O. The Hall–Kier alpha value is -0.0600. The highest BCUT2D eigenvalue weighted by molar-refractivity contribution is 7.85. The minimum absolute atomic E-state index is 0.154. The Morgan fingerprint density at radius 2 is 2.00 bits per heavy atom. The molecule has 0 aromatic rings. The van der Waals surface area contributed by atoms with Gasteiger partial charge in [-0.3, -0.25) is 4.55 Å². The first kappa shape index (κ1) is 15.9. The van der Waals surface area contributed by atoms with Gasteiger partial charge in [-0.2, -0.15) is 8.42 Å². The van der Waals surface area contributed by atoms with Crippen molar-refractivity contribution in [2.24, 2.45) is 0 Å². The van der Waals surface area contributed by atoms with Crippen molar-refractivity contribution in [3.05, 3.63) is 0 Å². The van der Waals surface area contributed by atoms with Gasteiger partial charge in [0.25, 0.3) is 10.1 Å². The molecule has 0 radical (unpaired) electrons. The van der Waals surface area contributed by atoms with Gasteiger partial charge in [0.2, 0.25) is 0 Å². The first-order valence-electron chi connectivity index (χ1n) is 4.60. The van der Waals surface area contributed by atoms with Crippen LogP contribution < -0.4 is 0 Å². The first-order valence-corrected chi connectivity index (χ1v) is 7.38. The van der Waals surface area contributed by atoms with Gasteiger partial charge >= 0.3 is 0 Å². The van der Waals surface area contributed by atoms with Crippen molar-refractivity contribution in [1.82, 2.24) is 0 Å². The molecule has 0 aromatic heterocycles. The molecule has 0 amide bonds. The molecule has 0 aromatic carbocycles. The molecule has 16 heavy (non-hydrogen) atoms. The number of ether oxygens (including phenoxy) is 1. The fraction of sp³-hybridized carbons (Fsp3) is 1.00. The predicted molar refractivity (Wildman–Crippen MR) is 57.8 cm³/mol. The van der Waals surface area contributed by atoms with E-state index >= 15 is 0 Å². The van der Waals surface area contributed by atoms with Gasteiger partial charge in [-0.25, -0.2) is 4.21 Å². The second kappa shape index (κ2) is 7.30. The summed E-state index contributed by atoms with van der Waals surface area (Å²) < 4.78 is 53.7. The van der Waals surface area contributed by atoms with Crippen LogP contribution in [0.3, 0.4) is 0 Å². The molecule has 3 atom stereocenters. The summed E-state index contributed by atoms with van der Waals surface area (Å²) in [4.78, 5) is 0. The summed E-state index contributed by atoms with van der Waals surface area (Å²) in [5.41, 5.74) is -1.23. The molecule has 0 rings (SSSR count). The molecular weight excluding hydrogens is 260 g/mol. The smallest absolute Gasteiger partial charge is 0.264 e. The van der Waals surface area contributed by atoms with Gasteiger partial charge in [-0.15, -0.1) is 0 Å². The van der Waals surface area contributed by atoms with Crippen molar-refractivity contribution in [3.63, 3.8) is 0 Å². The zero-order chi connectivity index (χ0) is 12.8. The normalized spacial score (nSPS) is 18.0. The highest BCUT2D eigenvalue weighted by atomic mass is 32.2. The van der Waals surface area contributed by atoms with E-state index in [-0.39, 0.29) is 13.0 Å². The zero-order valence-electron chi connectivity index (χ0n) is 8.77. The fourth-order valence-corrected chi connectivity index (χ4v) is 2.00. The van der Waals surface area contributed by atoms with Crippen molar-refractivity contribution in [1.29, 1.82) is 0 Å². The molecule has 0 saturated carbocycles. The molecule has 0 aliphatic rings. The molecule has 9 heteroatoms. The zero-order valence-corrected chi connectivity index (χ0v) is 10.4. The van der Waals surface area contributed by atoms with Crippen LogP contribution in [0.2, 0.25) is 0 Å². The predicted octanol–water partition coefficient (Wildman–Crippen LogP) is -0.400. The number of hydrogen-bond donors (Lipinski definition) is 3. The maximum absolute atomic E-state index is 10.7. The van der Waals surface area contributed by atoms with Gasteiger partial charge in [0, 0.05) is 6.42 Å². The Morgan fingerprint density at radius 3 is 2.38 bits per heavy atom. The topological polar surface area (TPSA) is 121 Å².